The molecule has 2 N–H and O–H groups in total. The molecule has 0 saturated carbocycles. The van der Waals surface area contributed by atoms with Gasteiger partial charge in [-0.05, 0) is 26.3 Å². The zero-order valence-electron chi connectivity index (χ0n) is 10.4. The monoisotopic (exact) mass is 243 g/mol. The number of nitrogens with one attached hydrogen (secondary N) is 1. The van der Waals surface area contributed by atoms with Crippen LogP contribution in [-0.4, -0.2) is 17.3 Å². The van der Waals surface area contributed by atoms with Crippen LogP contribution >= 0.6 is 0 Å². The summed E-state index contributed by atoms with van der Waals surface area (Å²) in [6.45, 7) is 5.65. The van der Waals surface area contributed by atoms with Crippen LogP contribution in [0.25, 0.3) is 0 Å². The Morgan fingerprint density at radius 1 is 1.41 bits per heavy atom. The van der Waals surface area contributed by atoms with Crippen molar-refractivity contribution in [3.63, 3.8) is 0 Å². The van der Waals surface area contributed by atoms with Gasteiger partial charge in [0, 0.05) is 18.2 Å². The second-order valence-electron chi connectivity index (χ2n) is 4.60. The number of aliphatic hydroxyl groups is 1. The van der Waals surface area contributed by atoms with Crippen molar-refractivity contribution < 1.29 is 13.9 Å². The van der Waals surface area contributed by atoms with Crippen LogP contribution in [0.3, 0.4) is 0 Å². The minimum Gasteiger partial charge on any atom is -0.389 e. The molecule has 2 atom stereocenters. The van der Waals surface area contributed by atoms with Crippen molar-refractivity contribution in [1.29, 1.82) is 0 Å². The molecule has 0 aliphatic carbocycles. The predicted molar refractivity (Wildman–Crippen MR) is 63.7 cm³/mol. The van der Waals surface area contributed by atoms with Gasteiger partial charge in [-0.1, -0.05) is 19.1 Å². The number of benzene rings is 1. The number of rotatable bonds is 5. The summed E-state index contributed by atoms with van der Waals surface area (Å²) in [6.07, 6.45) is 0.596. The topological polar surface area (TPSA) is 32.3 Å². The fourth-order valence-corrected chi connectivity index (χ4v) is 1.46. The third-order valence-electron chi connectivity index (χ3n) is 3.00. The summed E-state index contributed by atoms with van der Waals surface area (Å²) < 4.78 is 26.5. The van der Waals surface area contributed by atoms with Crippen LogP contribution in [0.1, 0.15) is 38.8 Å². The van der Waals surface area contributed by atoms with Crippen molar-refractivity contribution >= 4 is 0 Å². The van der Waals surface area contributed by atoms with E-state index >= 15 is 0 Å². The van der Waals surface area contributed by atoms with Crippen LogP contribution in [0.15, 0.2) is 18.2 Å². The lowest BCUT2D eigenvalue weighted by Gasteiger charge is -2.25. The van der Waals surface area contributed by atoms with Crippen molar-refractivity contribution in [2.45, 2.75) is 38.8 Å². The number of halogens is 2. The summed E-state index contributed by atoms with van der Waals surface area (Å²) >= 11 is 0. The van der Waals surface area contributed by atoms with Gasteiger partial charge in [0.05, 0.1) is 5.60 Å². The lowest BCUT2D eigenvalue weighted by molar-refractivity contribution is 0.0532. The average Bonchev–Trinajstić information content (AvgIpc) is 2.30. The minimum atomic E-state index is -0.849. The van der Waals surface area contributed by atoms with Crippen LogP contribution in [0.2, 0.25) is 0 Å². The van der Waals surface area contributed by atoms with Crippen molar-refractivity contribution in [2.75, 3.05) is 6.54 Å². The molecule has 0 amide bonds. The largest absolute Gasteiger partial charge is 0.389 e. The molecule has 17 heavy (non-hydrogen) atoms. The van der Waals surface area contributed by atoms with Crippen LogP contribution in [0.5, 0.6) is 0 Å². The molecule has 96 valence electrons. The highest BCUT2D eigenvalue weighted by Crippen LogP contribution is 2.19. The first-order valence-corrected chi connectivity index (χ1v) is 5.77. The highest BCUT2D eigenvalue weighted by Gasteiger charge is 2.20. The highest BCUT2D eigenvalue weighted by atomic mass is 19.2. The average molecular weight is 243 g/mol. The van der Waals surface area contributed by atoms with E-state index in [9.17, 15) is 13.9 Å². The Morgan fingerprint density at radius 2 is 2.06 bits per heavy atom. The maximum atomic E-state index is 13.5. The normalized spacial score (nSPS) is 16.6. The zero-order chi connectivity index (χ0) is 13.1. The molecule has 0 aromatic heterocycles. The van der Waals surface area contributed by atoms with Gasteiger partial charge in [0.15, 0.2) is 11.6 Å². The molecule has 0 heterocycles. The molecule has 1 aromatic carbocycles. The molecular formula is C13H19F2NO. The second kappa shape index (κ2) is 5.56. The molecule has 0 bridgehead atoms. The fourth-order valence-electron chi connectivity index (χ4n) is 1.46. The summed E-state index contributed by atoms with van der Waals surface area (Å²) in [5.74, 6) is -1.68. The van der Waals surface area contributed by atoms with E-state index in [0.717, 1.165) is 6.07 Å². The molecule has 4 heteroatoms. The Bertz CT molecular complexity index is 380. The molecular weight excluding hydrogens is 224 g/mol. The van der Waals surface area contributed by atoms with Crippen LogP contribution in [0, 0.1) is 11.6 Å². The van der Waals surface area contributed by atoms with Gasteiger partial charge >= 0.3 is 0 Å². The molecule has 1 aromatic rings. The Kier molecular flexibility index (Phi) is 4.60. The van der Waals surface area contributed by atoms with E-state index in [4.69, 9.17) is 0 Å². The number of hydrogen-bond donors (Lipinski definition) is 2. The van der Waals surface area contributed by atoms with E-state index in [1.165, 1.54) is 12.1 Å². The molecule has 2 nitrogen and oxygen atoms in total. The lowest BCUT2D eigenvalue weighted by Crippen LogP contribution is -2.38. The SMILES string of the molecule is CCC(C)(O)CNC(C)c1cccc(F)c1F. The minimum absolute atomic E-state index is 0.275. The molecule has 0 fully saturated rings. The van der Waals surface area contributed by atoms with E-state index in [1.54, 1.807) is 13.8 Å². The first-order valence-electron chi connectivity index (χ1n) is 5.77. The first-order chi connectivity index (χ1) is 7.87. The summed E-state index contributed by atoms with van der Waals surface area (Å²) in [5.41, 5.74) is -0.560. The van der Waals surface area contributed by atoms with Gasteiger partial charge in [-0.15, -0.1) is 0 Å². The van der Waals surface area contributed by atoms with Gasteiger partial charge < -0.3 is 10.4 Å². The Balaban J connectivity index is 2.71. The van der Waals surface area contributed by atoms with Crippen molar-refractivity contribution in [2.24, 2.45) is 0 Å². The standard InChI is InChI=1S/C13H19F2NO/c1-4-13(3,17)8-16-9(2)10-6-5-7-11(14)12(10)15/h5-7,9,16-17H,4,8H2,1-3H3. The molecule has 0 spiro atoms. The van der Waals surface area contributed by atoms with Crippen molar-refractivity contribution in [3.8, 4) is 0 Å². The predicted octanol–water partition coefficient (Wildman–Crippen LogP) is 2.78. The van der Waals surface area contributed by atoms with E-state index in [0.29, 0.717) is 13.0 Å². The maximum absolute atomic E-state index is 13.5. The fraction of sp³-hybridized carbons (Fsp3) is 0.538. The van der Waals surface area contributed by atoms with E-state index in [2.05, 4.69) is 5.32 Å². The van der Waals surface area contributed by atoms with Crippen LogP contribution in [0.4, 0.5) is 8.78 Å². The van der Waals surface area contributed by atoms with Crippen LogP contribution < -0.4 is 5.32 Å². The van der Waals surface area contributed by atoms with E-state index in [-0.39, 0.29) is 11.6 Å². The Hall–Kier alpha value is -1.00. The molecule has 0 radical (unpaired) electrons. The van der Waals surface area contributed by atoms with Gasteiger partial charge in [-0.25, -0.2) is 8.78 Å². The summed E-state index contributed by atoms with van der Waals surface area (Å²) in [5, 5.41) is 12.8. The van der Waals surface area contributed by atoms with Gasteiger partial charge in [0.1, 0.15) is 0 Å². The smallest absolute Gasteiger partial charge is 0.163 e. The molecule has 0 aliphatic heterocycles. The highest BCUT2D eigenvalue weighted by molar-refractivity contribution is 5.22. The van der Waals surface area contributed by atoms with E-state index in [1.807, 2.05) is 6.92 Å². The maximum Gasteiger partial charge on any atom is 0.163 e. The third kappa shape index (κ3) is 3.75. The first kappa shape index (κ1) is 14.1. The molecule has 0 saturated heterocycles. The Labute approximate surface area is 101 Å². The van der Waals surface area contributed by atoms with Gasteiger partial charge in [0.25, 0.3) is 0 Å². The summed E-state index contributed by atoms with van der Waals surface area (Å²) in [4.78, 5) is 0. The number of hydrogen-bond acceptors (Lipinski definition) is 2. The summed E-state index contributed by atoms with van der Waals surface area (Å²) in [6, 6.07) is 3.76. The van der Waals surface area contributed by atoms with Crippen molar-refractivity contribution in [1.82, 2.24) is 5.32 Å². The zero-order valence-corrected chi connectivity index (χ0v) is 10.4. The van der Waals surface area contributed by atoms with Crippen molar-refractivity contribution in [3.05, 3.63) is 35.4 Å². The molecule has 0 aliphatic rings. The van der Waals surface area contributed by atoms with Crippen LogP contribution in [-0.2, 0) is 0 Å². The molecule has 2 unspecified atom stereocenters. The van der Waals surface area contributed by atoms with Gasteiger partial charge in [-0.3, -0.25) is 0 Å². The molecule has 1 rings (SSSR count). The quantitative estimate of drug-likeness (QED) is 0.833. The lowest BCUT2D eigenvalue weighted by atomic mass is 10.0. The Morgan fingerprint density at radius 3 is 2.65 bits per heavy atom. The second-order valence-corrected chi connectivity index (χ2v) is 4.60. The van der Waals surface area contributed by atoms with Gasteiger partial charge in [0.2, 0.25) is 0 Å². The van der Waals surface area contributed by atoms with E-state index < -0.39 is 17.2 Å². The third-order valence-corrected chi connectivity index (χ3v) is 3.00. The van der Waals surface area contributed by atoms with Gasteiger partial charge in [-0.2, -0.15) is 0 Å². The summed E-state index contributed by atoms with van der Waals surface area (Å²) in [7, 11) is 0.